The van der Waals surface area contributed by atoms with Crippen LogP contribution < -0.4 is 5.32 Å². The number of hydrogen-bond donors (Lipinski definition) is 3. The number of pyridine rings is 2. The third-order valence-corrected chi connectivity index (χ3v) is 5.76. The topological polar surface area (TPSA) is 113 Å². The summed E-state index contributed by atoms with van der Waals surface area (Å²) in [6, 6.07) is 7.54. The molecular formula is C25H22FN9. The first-order valence-electron chi connectivity index (χ1n) is 11.2. The number of benzene rings is 1. The van der Waals surface area contributed by atoms with E-state index in [4.69, 9.17) is 0 Å². The van der Waals surface area contributed by atoms with Crippen LogP contribution in [0.4, 0.5) is 10.1 Å². The van der Waals surface area contributed by atoms with E-state index in [1.807, 2.05) is 49.7 Å². The van der Waals surface area contributed by atoms with Gasteiger partial charge in [-0.2, -0.15) is 5.10 Å². The molecule has 35 heavy (non-hydrogen) atoms. The van der Waals surface area contributed by atoms with Gasteiger partial charge in [0.25, 0.3) is 0 Å². The van der Waals surface area contributed by atoms with Gasteiger partial charge in [-0.25, -0.2) is 19.3 Å². The van der Waals surface area contributed by atoms with Crippen LogP contribution in [0.3, 0.4) is 0 Å². The number of aryl methyl sites for hydroxylation is 1. The van der Waals surface area contributed by atoms with Gasteiger partial charge in [0.1, 0.15) is 17.0 Å². The first kappa shape index (κ1) is 21.0. The lowest BCUT2D eigenvalue weighted by atomic mass is 10.0. The highest BCUT2D eigenvalue weighted by Crippen LogP contribution is 2.34. The van der Waals surface area contributed by atoms with Crippen molar-refractivity contribution in [1.29, 1.82) is 0 Å². The molecule has 5 aromatic heterocycles. The molecule has 174 valence electrons. The molecule has 0 aliphatic rings. The Hall–Kier alpha value is -4.60. The van der Waals surface area contributed by atoms with Gasteiger partial charge in [0.05, 0.1) is 34.3 Å². The lowest BCUT2D eigenvalue weighted by Gasteiger charge is -2.11. The third-order valence-electron chi connectivity index (χ3n) is 5.76. The summed E-state index contributed by atoms with van der Waals surface area (Å²) in [4.78, 5) is 20.9. The zero-order valence-electron chi connectivity index (χ0n) is 19.3. The van der Waals surface area contributed by atoms with Gasteiger partial charge in [-0.3, -0.25) is 10.1 Å². The minimum atomic E-state index is -0.395. The molecule has 0 saturated carbocycles. The Bertz CT molecular complexity index is 1690. The maximum atomic E-state index is 16.0. The molecule has 0 radical (unpaired) electrons. The quantitative estimate of drug-likeness (QED) is 0.328. The van der Waals surface area contributed by atoms with Crippen molar-refractivity contribution in [2.45, 2.75) is 26.8 Å². The first-order valence-corrected chi connectivity index (χ1v) is 11.2. The van der Waals surface area contributed by atoms with Crippen LogP contribution in [-0.4, -0.2) is 45.7 Å². The van der Waals surface area contributed by atoms with Gasteiger partial charge in [0.2, 0.25) is 0 Å². The molecule has 3 N–H and O–H groups in total. The van der Waals surface area contributed by atoms with E-state index in [2.05, 4.69) is 40.4 Å². The predicted molar refractivity (Wildman–Crippen MR) is 133 cm³/mol. The maximum Gasteiger partial charge on any atom is 0.180 e. The number of nitrogens with zero attached hydrogens (tertiary/aromatic N) is 6. The highest BCUT2D eigenvalue weighted by molar-refractivity contribution is 5.96. The normalized spacial score (nSPS) is 11.7. The van der Waals surface area contributed by atoms with Gasteiger partial charge >= 0.3 is 0 Å². The number of aromatic amines is 2. The average Bonchev–Trinajstić information content (AvgIpc) is 3.56. The molecule has 6 aromatic rings. The lowest BCUT2D eigenvalue weighted by molar-refractivity contribution is 0.643. The maximum absolute atomic E-state index is 16.0. The standard InChI is InChI=1S/C25H22FN9/c1-13(2)30-16-8-15(9-27-10-16)17-4-5-18-20(21(17)26)23(34-33-18)25-31-22-19(6-7-28-24(22)32-25)35-11-14(3)29-12-35/h4-13,30H,1-3H3,(H,33,34)(H,28,31,32). The number of nitrogens with one attached hydrogen (secondary N) is 3. The second-order valence-corrected chi connectivity index (χ2v) is 8.72. The highest BCUT2D eigenvalue weighted by atomic mass is 19.1. The van der Waals surface area contributed by atoms with E-state index < -0.39 is 5.82 Å². The molecule has 0 bridgehead atoms. The summed E-state index contributed by atoms with van der Waals surface area (Å²) in [6.45, 7) is 6.00. The summed E-state index contributed by atoms with van der Waals surface area (Å²) in [5.74, 6) is 0.0288. The van der Waals surface area contributed by atoms with Crippen LogP contribution in [0.25, 0.3) is 50.4 Å². The Balaban J connectivity index is 1.49. The Morgan fingerprint density at radius 2 is 2.00 bits per heavy atom. The van der Waals surface area contributed by atoms with Crippen molar-refractivity contribution in [3.8, 4) is 28.3 Å². The molecule has 0 unspecified atom stereocenters. The molecule has 0 aliphatic carbocycles. The van der Waals surface area contributed by atoms with E-state index in [9.17, 15) is 0 Å². The zero-order valence-corrected chi connectivity index (χ0v) is 19.3. The molecule has 6 rings (SSSR count). The van der Waals surface area contributed by atoms with Crippen LogP contribution in [0.5, 0.6) is 0 Å². The fraction of sp³-hybridized carbons (Fsp3) is 0.160. The van der Waals surface area contributed by atoms with Gasteiger partial charge in [-0.1, -0.05) is 0 Å². The number of fused-ring (bicyclic) bond motifs is 2. The number of anilines is 1. The second-order valence-electron chi connectivity index (χ2n) is 8.72. The van der Waals surface area contributed by atoms with Gasteiger partial charge in [0, 0.05) is 42.0 Å². The summed E-state index contributed by atoms with van der Waals surface area (Å²) in [5.41, 5.74) is 5.85. The first-order chi connectivity index (χ1) is 17.0. The minimum absolute atomic E-state index is 0.234. The molecule has 1 aromatic carbocycles. The van der Waals surface area contributed by atoms with Crippen molar-refractivity contribution in [3.63, 3.8) is 0 Å². The Morgan fingerprint density at radius 3 is 2.80 bits per heavy atom. The van der Waals surface area contributed by atoms with Gasteiger partial charge in [-0.05, 0) is 45.0 Å². The highest BCUT2D eigenvalue weighted by Gasteiger charge is 2.21. The monoisotopic (exact) mass is 467 g/mol. The van der Waals surface area contributed by atoms with Gasteiger partial charge < -0.3 is 14.9 Å². The van der Waals surface area contributed by atoms with Crippen LogP contribution in [0.2, 0.25) is 0 Å². The molecular weight excluding hydrogens is 445 g/mol. The zero-order chi connectivity index (χ0) is 24.1. The van der Waals surface area contributed by atoms with Crippen LogP contribution in [0.1, 0.15) is 19.5 Å². The summed E-state index contributed by atoms with van der Waals surface area (Å²) >= 11 is 0. The Kier molecular flexibility index (Phi) is 4.80. The van der Waals surface area contributed by atoms with Crippen molar-refractivity contribution in [2.24, 2.45) is 0 Å². The molecule has 0 aliphatic heterocycles. The molecule has 0 amide bonds. The summed E-state index contributed by atoms with van der Waals surface area (Å²) in [6.07, 6.45) is 8.71. The van der Waals surface area contributed by atoms with Crippen molar-refractivity contribution in [2.75, 3.05) is 5.32 Å². The van der Waals surface area contributed by atoms with E-state index >= 15 is 4.39 Å². The second kappa shape index (κ2) is 8.01. The minimum Gasteiger partial charge on any atom is -0.382 e. The van der Waals surface area contributed by atoms with Gasteiger partial charge in [0.15, 0.2) is 11.5 Å². The number of aromatic nitrogens is 8. The van der Waals surface area contributed by atoms with Crippen molar-refractivity contribution >= 4 is 27.8 Å². The number of halogens is 1. The third kappa shape index (κ3) is 3.59. The molecule has 9 nitrogen and oxygen atoms in total. The molecule has 0 saturated heterocycles. The van der Waals surface area contributed by atoms with Crippen molar-refractivity contribution in [3.05, 3.63) is 66.9 Å². The summed E-state index contributed by atoms with van der Waals surface area (Å²) in [7, 11) is 0. The van der Waals surface area contributed by atoms with E-state index in [0.29, 0.717) is 44.7 Å². The fourth-order valence-electron chi connectivity index (χ4n) is 4.24. The largest absolute Gasteiger partial charge is 0.382 e. The Morgan fingerprint density at radius 1 is 1.11 bits per heavy atom. The average molecular weight is 468 g/mol. The van der Waals surface area contributed by atoms with E-state index in [-0.39, 0.29) is 6.04 Å². The SMILES string of the molecule is Cc1cn(-c2ccnc3nc(-c4n[nH]c5ccc(-c6cncc(NC(C)C)c6)c(F)c45)[nH]c23)cn1. The van der Waals surface area contributed by atoms with E-state index in [1.54, 1.807) is 31.0 Å². The van der Waals surface area contributed by atoms with Crippen molar-refractivity contribution < 1.29 is 4.39 Å². The summed E-state index contributed by atoms with van der Waals surface area (Å²) < 4.78 is 17.8. The molecule has 0 spiro atoms. The fourth-order valence-corrected chi connectivity index (χ4v) is 4.24. The van der Waals surface area contributed by atoms with E-state index in [1.165, 1.54) is 0 Å². The van der Waals surface area contributed by atoms with Crippen LogP contribution in [-0.2, 0) is 0 Å². The molecule has 10 heteroatoms. The smallest absolute Gasteiger partial charge is 0.180 e. The number of H-pyrrole nitrogens is 2. The molecule has 0 fully saturated rings. The number of hydrogen-bond acceptors (Lipinski definition) is 6. The molecule has 0 atom stereocenters. The predicted octanol–water partition coefficient (Wildman–Crippen LogP) is 5.02. The van der Waals surface area contributed by atoms with Crippen LogP contribution in [0, 0.1) is 12.7 Å². The van der Waals surface area contributed by atoms with Crippen molar-refractivity contribution in [1.82, 2.24) is 39.7 Å². The number of rotatable bonds is 5. The lowest BCUT2D eigenvalue weighted by Crippen LogP contribution is -2.09. The number of imidazole rings is 2. The molecule has 5 heterocycles. The summed E-state index contributed by atoms with van der Waals surface area (Å²) in [5, 5.41) is 11.0. The van der Waals surface area contributed by atoms with Crippen LogP contribution >= 0.6 is 0 Å². The Labute approximate surface area is 199 Å². The van der Waals surface area contributed by atoms with E-state index in [0.717, 1.165) is 17.1 Å². The van der Waals surface area contributed by atoms with Crippen LogP contribution in [0.15, 0.2) is 55.4 Å². The van der Waals surface area contributed by atoms with Gasteiger partial charge in [-0.15, -0.1) is 0 Å².